The molecule has 0 aromatic carbocycles. The molecule has 2 aliphatic rings. The molecule has 26 heavy (non-hydrogen) atoms. The molecule has 4 atom stereocenters. The highest BCUT2D eigenvalue weighted by molar-refractivity contribution is 5.92. The van der Waals surface area contributed by atoms with Gasteiger partial charge in [-0.15, -0.1) is 0 Å². The minimum Gasteiger partial charge on any atom is -0.396 e. The van der Waals surface area contributed by atoms with Crippen molar-refractivity contribution in [2.45, 2.75) is 45.8 Å². The third-order valence-electron chi connectivity index (χ3n) is 5.40. The number of aliphatic hydroxyl groups excluding tert-OH is 1. The second-order valence-corrected chi connectivity index (χ2v) is 8.16. The second-order valence-electron chi connectivity index (χ2n) is 8.16. The van der Waals surface area contributed by atoms with Gasteiger partial charge in [-0.2, -0.15) is 0 Å². The summed E-state index contributed by atoms with van der Waals surface area (Å²) in [6.45, 7) is 12.2. The van der Waals surface area contributed by atoms with Crippen LogP contribution in [0, 0.1) is 11.8 Å². The number of amides is 1. The lowest BCUT2D eigenvalue weighted by Gasteiger charge is -2.37. The third kappa shape index (κ3) is 4.27. The maximum Gasteiger partial charge on any atom is 0.276 e. The first-order valence-electron chi connectivity index (χ1n) is 9.62. The van der Waals surface area contributed by atoms with Gasteiger partial charge in [-0.05, 0) is 19.8 Å². The van der Waals surface area contributed by atoms with Crippen molar-refractivity contribution in [3.63, 3.8) is 0 Å². The summed E-state index contributed by atoms with van der Waals surface area (Å²) in [7, 11) is 0. The van der Waals surface area contributed by atoms with Gasteiger partial charge in [-0.1, -0.05) is 19.0 Å². The molecule has 0 aliphatic carbocycles. The van der Waals surface area contributed by atoms with Gasteiger partial charge < -0.3 is 19.3 Å². The molecule has 3 heterocycles. The second kappa shape index (κ2) is 8.06. The molecule has 3 rings (SSSR count). The number of aliphatic hydroxyl groups is 1. The number of morpholine rings is 1. The summed E-state index contributed by atoms with van der Waals surface area (Å²) in [4.78, 5) is 17.0. The van der Waals surface area contributed by atoms with E-state index in [1.165, 1.54) is 0 Å². The Kier molecular flexibility index (Phi) is 5.99. The summed E-state index contributed by atoms with van der Waals surface area (Å²) in [6.07, 6.45) is 0.435. The molecule has 0 saturated carbocycles. The van der Waals surface area contributed by atoms with Crippen LogP contribution in [0.4, 0.5) is 0 Å². The zero-order chi connectivity index (χ0) is 18.8. The molecule has 1 aromatic rings. The van der Waals surface area contributed by atoms with Crippen LogP contribution < -0.4 is 0 Å². The fourth-order valence-electron chi connectivity index (χ4n) is 4.11. The fourth-order valence-corrected chi connectivity index (χ4v) is 4.11. The number of carbonyl (C=O) groups is 1. The number of carbonyl (C=O) groups excluding carboxylic acids is 1. The molecule has 7 heteroatoms. The van der Waals surface area contributed by atoms with Crippen LogP contribution in [-0.2, 0) is 4.74 Å². The molecule has 1 amide bonds. The smallest absolute Gasteiger partial charge is 0.276 e. The van der Waals surface area contributed by atoms with E-state index in [0.717, 1.165) is 25.4 Å². The zero-order valence-electron chi connectivity index (χ0n) is 16.2. The Hall–Kier alpha value is -1.44. The van der Waals surface area contributed by atoms with Gasteiger partial charge in [0, 0.05) is 57.2 Å². The van der Waals surface area contributed by atoms with Crippen LogP contribution in [0.3, 0.4) is 0 Å². The molecule has 7 nitrogen and oxygen atoms in total. The van der Waals surface area contributed by atoms with Gasteiger partial charge >= 0.3 is 0 Å². The maximum atomic E-state index is 12.8. The standard InChI is InChI=1S/C19H31N3O4/c1-12(2)18-5-17(20-26-18)19(24)22-9-15(16(10-22)11-23)8-21-6-13(3)25-14(4)7-21/h5,12-16,23H,6-11H2,1-4H3/t13-,14+,15-,16-/m1/s1. The highest BCUT2D eigenvalue weighted by Gasteiger charge is 2.38. The van der Waals surface area contributed by atoms with E-state index < -0.39 is 0 Å². The Labute approximate surface area is 155 Å². The number of hydrogen-bond acceptors (Lipinski definition) is 6. The average molecular weight is 365 g/mol. The van der Waals surface area contributed by atoms with E-state index >= 15 is 0 Å². The number of aromatic nitrogens is 1. The first kappa shape index (κ1) is 19.3. The minimum atomic E-state index is -0.106. The minimum absolute atomic E-state index is 0.0972. The summed E-state index contributed by atoms with van der Waals surface area (Å²) in [5, 5.41) is 13.7. The van der Waals surface area contributed by atoms with E-state index in [1.54, 1.807) is 11.0 Å². The molecule has 1 aromatic heterocycles. The molecule has 2 fully saturated rings. The number of rotatable bonds is 5. The van der Waals surface area contributed by atoms with Crippen LogP contribution in [0.15, 0.2) is 10.6 Å². The molecule has 0 spiro atoms. The highest BCUT2D eigenvalue weighted by atomic mass is 16.5. The Morgan fingerprint density at radius 1 is 1.23 bits per heavy atom. The van der Waals surface area contributed by atoms with E-state index in [9.17, 15) is 9.90 Å². The molecule has 2 aliphatic heterocycles. The van der Waals surface area contributed by atoms with Crippen molar-refractivity contribution in [1.82, 2.24) is 15.0 Å². The van der Waals surface area contributed by atoms with E-state index in [0.29, 0.717) is 18.8 Å². The van der Waals surface area contributed by atoms with Gasteiger partial charge in [0.25, 0.3) is 5.91 Å². The number of ether oxygens (including phenoxy) is 1. The van der Waals surface area contributed by atoms with Gasteiger partial charge in [-0.25, -0.2) is 0 Å². The molecule has 1 N–H and O–H groups in total. The summed E-state index contributed by atoms with van der Waals surface area (Å²) >= 11 is 0. The van der Waals surface area contributed by atoms with Crippen molar-refractivity contribution in [1.29, 1.82) is 0 Å². The van der Waals surface area contributed by atoms with Crippen molar-refractivity contribution >= 4 is 5.91 Å². The maximum absolute atomic E-state index is 12.8. The summed E-state index contributed by atoms with van der Waals surface area (Å²) < 4.78 is 11.1. The van der Waals surface area contributed by atoms with Crippen LogP contribution in [0.2, 0.25) is 0 Å². The summed E-state index contributed by atoms with van der Waals surface area (Å²) in [5.41, 5.74) is 0.361. The lowest BCUT2D eigenvalue weighted by atomic mass is 9.96. The highest BCUT2D eigenvalue weighted by Crippen LogP contribution is 2.27. The van der Waals surface area contributed by atoms with Crippen LogP contribution in [0.1, 0.15) is 49.9 Å². The van der Waals surface area contributed by atoms with E-state index in [2.05, 4.69) is 23.9 Å². The molecule has 0 bridgehead atoms. The Morgan fingerprint density at radius 3 is 2.46 bits per heavy atom. The predicted octanol–water partition coefficient (Wildman–Crippen LogP) is 1.59. The number of hydrogen-bond donors (Lipinski definition) is 1. The fraction of sp³-hybridized carbons (Fsp3) is 0.789. The molecule has 146 valence electrons. The monoisotopic (exact) mass is 365 g/mol. The van der Waals surface area contributed by atoms with Crippen molar-refractivity contribution < 1.29 is 19.2 Å². The number of likely N-dealkylation sites (tertiary alicyclic amines) is 1. The van der Waals surface area contributed by atoms with Gasteiger partial charge in [0.2, 0.25) is 0 Å². The van der Waals surface area contributed by atoms with Gasteiger partial charge in [0.15, 0.2) is 5.69 Å². The first-order chi connectivity index (χ1) is 12.4. The topological polar surface area (TPSA) is 79.0 Å². The third-order valence-corrected chi connectivity index (χ3v) is 5.40. The van der Waals surface area contributed by atoms with E-state index in [4.69, 9.17) is 9.26 Å². The van der Waals surface area contributed by atoms with Crippen molar-refractivity contribution in [2.75, 3.05) is 39.3 Å². The van der Waals surface area contributed by atoms with Crippen LogP contribution >= 0.6 is 0 Å². The lowest BCUT2D eigenvalue weighted by Crippen LogP contribution is -2.48. The molecule has 0 unspecified atom stereocenters. The van der Waals surface area contributed by atoms with E-state index in [-0.39, 0.29) is 42.5 Å². The van der Waals surface area contributed by atoms with Crippen molar-refractivity contribution in [2.24, 2.45) is 11.8 Å². The normalized spacial score (nSPS) is 30.3. The molecule has 0 radical (unpaired) electrons. The Morgan fingerprint density at radius 2 is 1.88 bits per heavy atom. The zero-order valence-corrected chi connectivity index (χ0v) is 16.2. The average Bonchev–Trinajstić information content (AvgIpc) is 3.20. The quantitative estimate of drug-likeness (QED) is 0.854. The van der Waals surface area contributed by atoms with Crippen LogP contribution in [0.5, 0.6) is 0 Å². The van der Waals surface area contributed by atoms with Gasteiger partial charge in [0.1, 0.15) is 5.76 Å². The van der Waals surface area contributed by atoms with Gasteiger partial charge in [-0.3, -0.25) is 9.69 Å². The predicted molar refractivity (Wildman–Crippen MR) is 97.0 cm³/mol. The Bertz CT molecular complexity index is 608. The lowest BCUT2D eigenvalue weighted by molar-refractivity contribution is -0.0726. The summed E-state index contributed by atoms with van der Waals surface area (Å²) in [6, 6.07) is 1.74. The summed E-state index contributed by atoms with van der Waals surface area (Å²) in [5.74, 6) is 1.18. The SMILES string of the molecule is CC(C)c1cc(C(=O)N2C[C@@H](CN3C[C@@H](C)O[C@@H](C)C3)[C@@H](CO)C2)no1. The van der Waals surface area contributed by atoms with Crippen LogP contribution in [-0.4, -0.2) is 77.5 Å². The van der Waals surface area contributed by atoms with Crippen LogP contribution in [0.25, 0.3) is 0 Å². The van der Waals surface area contributed by atoms with E-state index in [1.807, 2.05) is 13.8 Å². The largest absolute Gasteiger partial charge is 0.396 e. The molecular weight excluding hydrogens is 334 g/mol. The van der Waals surface area contributed by atoms with Crippen molar-refractivity contribution in [3.05, 3.63) is 17.5 Å². The first-order valence-corrected chi connectivity index (χ1v) is 9.62. The van der Waals surface area contributed by atoms with Gasteiger partial charge in [0.05, 0.1) is 12.2 Å². The van der Waals surface area contributed by atoms with Crippen molar-refractivity contribution in [3.8, 4) is 0 Å². The molecular formula is C19H31N3O4. The molecule has 2 saturated heterocycles. The Balaban J connectivity index is 1.63. The number of nitrogens with zero attached hydrogens (tertiary/aromatic N) is 3.